The summed E-state index contributed by atoms with van der Waals surface area (Å²) in [4.78, 5) is 12.0. The maximum Gasteiger partial charge on any atom is 0.319 e. The molecular formula is C18H17N3O. The number of anilines is 1. The second kappa shape index (κ2) is 6.31. The summed E-state index contributed by atoms with van der Waals surface area (Å²) < 4.78 is 0. The number of nitrogens with zero attached hydrogens (tertiary/aromatic N) is 1. The molecule has 2 unspecified atom stereocenters. The summed E-state index contributed by atoms with van der Waals surface area (Å²) in [7, 11) is 0. The highest BCUT2D eigenvalue weighted by Crippen LogP contribution is 2.40. The first-order valence-corrected chi connectivity index (χ1v) is 7.34. The van der Waals surface area contributed by atoms with E-state index in [-0.39, 0.29) is 12.1 Å². The minimum Gasteiger partial charge on any atom is -0.334 e. The summed E-state index contributed by atoms with van der Waals surface area (Å²) in [5.41, 5.74) is 2.95. The predicted octanol–water partition coefficient (Wildman–Crippen LogP) is 3.43. The summed E-state index contributed by atoms with van der Waals surface area (Å²) in [6, 6.07) is 19.7. The van der Waals surface area contributed by atoms with Gasteiger partial charge in [-0.1, -0.05) is 42.5 Å². The average Bonchev–Trinajstić information content (AvgIpc) is 3.29. The van der Waals surface area contributed by atoms with Crippen molar-refractivity contribution in [1.29, 1.82) is 5.26 Å². The molecule has 2 amide bonds. The maximum absolute atomic E-state index is 12.0. The van der Waals surface area contributed by atoms with Crippen molar-refractivity contribution in [3.63, 3.8) is 0 Å². The molecule has 0 spiro atoms. The van der Waals surface area contributed by atoms with Gasteiger partial charge in [-0.25, -0.2) is 4.79 Å². The van der Waals surface area contributed by atoms with E-state index in [1.165, 1.54) is 5.56 Å². The SMILES string of the molecule is N#CCc1ccc(NC(=O)NC2CC2c2ccccc2)cc1. The fraction of sp³-hybridized carbons (Fsp3) is 0.222. The Bertz CT molecular complexity index is 689. The lowest BCUT2D eigenvalue weighted by molar-refractivity contribution is 0.251. The minimum atomic E-state index is -0.184. The molecule has 22 heavy (non-hydrogen) atoms. The molecule has 4 heteroatoms. The highest BCUT2D eigenvalue weighted by atomic mass is 16.2. The normalized spacial score (nSPS) is 19.0. The van der Waals surface area contributed by atoms with Crippen LogP contribution in [0.3, 0.4) is 0 Å². The van der Waals surface area contributed by atoms with E-state index in [0.29, 0.717) is 12.3 Å². The lowest BCUT2D eigenvalue weighted by atomic mass is 10.1. The molecule has 0 bridgehead atoms. The molecule has 1 saturated carbocycles. The van der Waals surface area contributed by atoms with Crippen LogP contribution in [0.4, 0.5) is 10.5 Å². The van der Waals surface area contributed by atoms with Crippen molar-refractivity contribution < 1.29 is 4.79 Å². The molecule has 0 saturated heterocycles. The molecule has 0 radical (unpaired) electrons. The number of nitriles is 1. The molecule has 2 N–H and O–H groups in total. The van der Waals surface area contributed by atoms with Gasteiger partial charge in [-0.3, -0.25) is 0 Å². The van der Waals surface area contributed by atoms with Gasteiger partial charge in [0.05, 0.1) is 12.5 Å². The van der Waals surface area contributed by atoms with Crippen LogP contribution in [0.2, 0.25) is 0 Å². The van der Waals surface area contributed by atoms with E-state index in [2.05, 4.69) is 28.8 Å². The Balaban J connectivity index is 1.50. The zero-order valence-electron chi connectivity index (χ0n) is 12.1. The van der Waals surface area contributed by atoms with Crippen molar-refractivity contribution in [1.82, 2.24) is 5.32 Å². The molecule has 2 aromatic carbocycles. The third-order valence-corrected chi connectivity index (χ3v) is 3.83. The number of carbonyl (C=O) groups excluding carboxylic acids is 1. The van der Waals surface area contributed by atoms with E-state index in [1.54, 1.807) is 0 Å². The molecular weight excluding hydrogens is 274 g/mol. The molecule has 1 aliphatic rings. The number of nitrogens with one attached hydrogen (secondary N) is 2. The van der Waals surface area contributed by atoms with Gasteiger partial charge in [0.25, 0.3) is 0 Å². The smallest absolute Gasteiger partial charge is 0.319 e. The molecule has 4 nitrogen and oxygen atoms in total. The Morgan fingerprint density at radius 3 is 2.55 bits per heavy atom. The number of carbonyl (C=O) groups is 1. The second-order valence-electron chi connectivity index (χ2n) is 5.49. The van der Waals surface area contributed by atoms with Crippen LogP contribution < -0.4 is 10.6 Å². The number of benzene rings is 2. The fourth-order valence-corrected chi connectivity index (χ4v) is 2.56. The van der Waals surface area contributed by atoms with Crippen LogP contribution in [-0.4, -0.2) is 12.1 Å². The largest absolute Gasteiger partial charge is 0.334 e. The summed E-state index contributed by atoms with van der Waals surface area (Å²) >= 11 is 0. The standard InChI is InChI=1S/C18H17N3O/c19-11-10-13-6-8-15(9-7-13)20-18(22)21-17-12-16(17)14-4-2-1-3-5-14/h1-9,16-17H,10,12H2,(H2,20,21,22). The summed E-state index contributed by atoms with van der Waals surface area (Å²) in [6.45, 7) is 0. The lowest BCUT2D eigenvalue weighted by Gasteiger charge is -2.08. The molecule has 1 fully saturated rings. The first-order valence-electron chi connectivity index (χ1n) is 7.34. The Morgan fingerprint density at radius 1 is 1.14 bits per heavy atom. The molecule has 0 aromatic heterocycles. The quantitative estimate of drug-likeness (QED) is 0.906. The van der Waals surface area contributed by atoms with Crippen LogP contribution in [0.1, 0.15) is 23.5 Å². The van der Waals surface area contributed by atoms with E-state index in [1.807, 2.05) is 42.5 Å². The zero-order chi connectivity index (χ0) is 15.4. The van der Waals surface area contributed by atoms with Crippen LogP contribution in [0.15, 0.2) is 54.6 Å². The van der Waals surface area contributed by atoms with Gasteiger partial charge in [0.2, 0.25) is 0 Å². The second-order valence-corrected chi connectivity index (χ2v) is 5.49. The van der Waals surface area contributed by atoms with Gasteiger partial charge in [0.15, 0.2) is 0 Å². The van der Waals surface area contributed by atoms with Gasteiger partial charge >= 0.3 is 6.03 Å². The first kappa shape index (κ1) is 14.2. The third kappa shape index (κ3) is 3.44. The summed E-state index contributed by atoms with van der Waals surface area (Å²) in [6.07, 6.45) is 1.37. The molecule has 2 atom stereocenters. The number of rotatable bonds is 4. The molecule has 2 aromatic rings. The minimum absolute atomic E-state index is 0.184. The first-order chi connectivity index (χ1) is 10.8. The molecule has 1 aliphatic carbocycles. The van der Waals surface area contributed by atoms with E-state index < -0.39 is 0 Å². The van der Waals surface area contributed by atoms with Gasteiger partial charge in [-0.15, -0.1) is 0 Å². The zero-order valence-corrected chi connectivity index (χ0v) is 12.1. The van der Waals surface area contributed by atoms with Crippen molar-refractivity contribution in [3.8, 4) is 6.07 Å². The highest BCUT2D eigenvalue weighted by Gasteiger charge is 2.39. The van der Waals surface area contributed by atoms with Crippen LogP contribution in [0.5, 0.6) is 0 Å². The van der Waals surface area contributed by atoms with E-state index in [9.17, 15) is 4.79 Å². The van der Waals surface area contributed by atoms with Crippen molar-refractivity contribution >= 4 is 11.7 Å². The number of amides is 2. The third-order valence-electron chi connectivity index (χ3n) is 3.83. The number of urea groups is 1. The van der Waals surface area contributed by atoms with Crippen LogP contribution in [0.25, 0.3) is 0 Å². The molecule has 3 rings (SSSR count). The van der Waals surface area contributed by atoms with Gasteiger partial charge in [-0.2, -0.15) is 5.26 Å². The summed E-state index contributed by atoms with van der Waals surface area (Å²) in [5, 5.41) is 14.4. The van der Waals surface area contributed by atoms with Crippen molar-refractivity contribution in [3.05, 3.63) is 65.7 Å². The maximum atomic E-state index is 12.0. The fourth-order valence-electron chi connectivity index (χ4n) is 2.56. The molecule has 0 aliphatic heterocycles. The van der Waals surface area contributed by atoms with Crippen molar-refractivity contribution in [2.24, 2.45) is 0 Å². The Kier molecular flexibility index (Phi) is 4.06. The predicted molar refractivity (Wildman–Crippen MR) is 85.5 cm³/mol. The number of hydrogen-bond acceptors (Lipinski definition) is 2. The van der Waals surface area contributed by atoms with Crippen LogP contribution in [0, 0.1) is 11.3 Å². The van der Waals surface area contributed by atoms with Crippen molar-refractivity contribution in [2.45, 2.75) is 24.8 Å². The Labute approximate surface area is 129 Å². The lowest BCUT2D eigenvalue weighted by Crippen LogP contribution is -2.31. The van der Waals surface area contributed by atoms with Crippen LogP contribution in [-0.2, 0) is 6.42 Å². The van der Waals surface area contributed by atoms with E-state index >= 15 is 0 Å². The van der Waals surface area contributed by atoms with Gasteiger partial charge in [0, 0.05) is 17.6 Å². The Morgan fingerprint density at radius 2 is 1.86 bits per heavy atom. The topological polar surface area (TPSA) is 64.9 Å². The van der Waals surface area contributed by atoms with Gasteiger partial charge < -0.3 is 10.6 Å². The Hall–Kier alpha value is -2.80. The van der Waals surface area contributed by atoms with Crippen molar-refractivity contribution in [2.75, 3.05) is 5.32 Å². The molecule has 0 heterocycles. The van der Waals surface area contributed by atoms with Crippen LogP contribution >= 0.6 is 0 Å². The monoisotopic (exact) mass is 291 g/mol. The molecule has 110 valence electrons. The van der Waals surface area contributed by atoms with Gasteiger partial charge in [-0.05, 0) is 29.7 Å². The average molecular weight is 291 g/mol. The summed E-state index contributed by atoms with van der Waals surface area (Å²) in [5.74, 6) is 0.421. The van der Waals surface area contributed by atoms with Gasteiger partial charge in [0.1, 0.15) is 0 Å². The van der Waals surface area contributed by atoms with E-state index in [0.717, 1.165) is 17.7 Å². The number of hydrogen-bond donors (Lipinski definition) is 2. The highest BCUT2D eigenvalue weighted by molar-refractivity contribution is 5.89. The van der Waals surface area contributed by atoms with E-state index in [4.69, 9.17) is 5.26 Å².